The maximum Gasteiger partial charge on any atom is 0.308 e. The van der Waals surface area contributed by atoms with Crippen LogP contribution in [0.1, 0.15) is 42.1 Å². The SMILES string of the molecule is CCOc1ccc(/C(O)=C2\C(=O)C(=O)N(c3ccc(C#N)cc3)C2c2cccc(OC(C)=O)c2)cc1C. The molecule has 1 aliphatic rings. The molecular weight excluding hydrogens is 472 g/mol. The Morgan fingerprint density at radius 1 is 1.08 bits per heavy atom. The van der Waals surface area contributed by atoms with E-state index in [1.54, 1.807) is 54.6 Å². The minimum absolute atomic E-state index is 0.113. The molecule has 1 fully saturated rings. The van der Waals surface area contributed by atoms with Crippen LogP contribution in [-0.2, 0) is 14.4 Å². The van der Waals surface area contributed by atoms with Gasteiger partial charge >= 0.3 is 5.97 Å². The molecule has 1 atom stereocenters. The Hall–Kier alpha value is -4.90. The van der Waals surface area contributed by atoms with E-state index >= 15 is 0 Å². The van der Waals surface area contributed by atoms with Crippen LogP contribution in [0.25, 0.3) is 5.76 Å². The highest BCUT2D eigenvalue weighted by Gasteiger charge is 2.47. The Labute approximate surface area is 214 Å². The van der Waals surface area contributed by atoms with Gasteiger partial charge in [0.05, 0.1) is 29.9 Å². The molecule has 0 bridgehead atoms. The molecule has 1 heterocycles. The average molecular weight is 497 g/mol. The lowest BCUT2D eigenvalue weighted by molar-refractivity contribution is -0.132. The van der Waals surface area contributed by atoms with Crippen LogP contribution in [0.3, 0.4) is 0 Å². The molecule has 0 saturated carbocycles. The third-order valence-electron chi connectivity index (χ3n) is 5.90. The maximum atomic E-state index is 13.4. The Kier molecular flexibility index (Phi) is 7.07. The van der Waals surface area contributed by atoms with Crippen LogP contribution in [-0.4, -0.2) is 29.4 Å². The Bertz CT molecular complexity index is 1470. The first-order valence-corrected chi connectivity index (χ1v) is 11.6. The van der Waals surface area contributed by atoms with Crippen molar-refractivity contribution in [2.75, 3.05) is 11.5 Å². The normalized spacial score (nSPS) is 16.4. The van der Waals surface area contributed by atoms with Crippen LogP contribution in [0.15, 0.2) is 72.3 Å². The number of carbonyl (C=O) groups is 3. The predicted molar refractivity (Wildman–Crippen MR) is 136 cm³/mol. The van der Waals surface area contributed by atoms with Crippen molar-refractivity contribution >= 4 is 29.1 Å². The number of ether oxygens (including phenoxy) is 2. The smallest absolute Gasteiger partial charge is 0.308 e. The fraction of sp³-hybridized carbons (Fsp3) is 0.172. The zero-order valence-corrected chi connectivity index (χ0v) is 20.5. The van der Waals surface area contributed by atoms with Crippen LogP contribution in [0.5, 0.6) is 11.5 Å². The van der Waals surface area contributed by atoms with Gasteiger partial charge in [-0.25, -0.2) is 0 Å². The highest BCUT2D eigenvalue weighted by Crippen LogP contribution is 2.43. The number of benzene rings is 3. The molecule has 0 radical (unpaired) electrons. The molecule has 1 aliphatic heterocycles. The van der Waals surface area contributed by atoms with Gasteiger partial charge in [0, 0.05) is 18.2 Å². The van der Waals surface area contributed by atoms with E-state index in [0.29, 0.717) is 34.7 Å². The summed E-state index contributed by atoms with van der Waals surface area (Å²) in [5, 5.41) is 20.5. The number of carbonyl (C=O) groups excluding carboxylic acids is 3. The first-order chi connectivity index (χ1) is 17.7. The minimum Gasteiger partial charge on any atom is -0.507 e. The second kappa shape index (κ2) is 10.4. The van der Waals surface area contributed by atoms with Crippen molar-refractivity contribution in [2.45, 2.75) is 26.8 Å². The van der Waals surface area contributed by atoms with E-state index in [0.717, 1.165) is 5.56 Å². The number of nitriles is 1. The molecule has 3 aromatic carbocycles. The number of aliphatic hydroxyl groups is 1. The molecule has 1 amide bonds. The van der Waals surface area contributed by atoms with Crippen LogP contribution in [0, 0.1) is 18.3 Å². The Morgan fingerprint density at radius 3 is 2.43 bits per heavy atom. The van der Waals surface area contributed by atoms with Gasteiger partial charge < -0.3 is 14.6 Å². The van der Waals surface area contributed by atoms with Gasteiger partial charge in [0.1, 0.15) is 17.3 Å². The third-order valence-corrected chi connectivity index (χ3v) is 5.90. The third kappa shape index (κ3) is 4.93. The number of nitrogens with zero attached hydrogens (tertiary/aromatic N) is 2. The molecule has 186 valence electrons. The zero-order valence-electron chi connectivity index (χ0n) is 20.5. The average Bonchev–Trinajstić information content (AvgIpc) is 3.15. The van der Waals surface area contributed by atoms with Gasteiger partial charge in [0.15, 0.2) is 0 Å². The van der Waals surface area contributed by atoms with Crippen molar-refractivity contribution in [1.82, 2.24) is 0 Å². The van der Waals surface area contributed by atoms with E-state index < -0.39 is 23.7 Å². The van der Waals surface area contributed by atoms with Gasteiger partial charge in [-0.3, -0.25) is 19.3 Å². The van der Waals surface area contributed by atoms with Gasteiger partial charge in [0.25, 0.3) is 11.7 Å². The molecule has 0 spiro atoms. The number of anilines is 1. The molecule has 8 nitrogen and oxygen atoms in total. The zero-order chi connectivity index (χ0) is 26.7. The molecular formula is C29H24N2O6. The minimum atomic E-state index is -1.02. The van der Waals surface area contributed by atoms with Crippen molar-refractivity contribution in [2.24, 2.45) is 0 Å². The number of hydrogen-bond donors (Lipinski definition) is 1. The molecule has 0 aromatic heterocycles. The Balaban J connectivity index is 1.91. The predicted octanol–water partition coefficient (Wildman–Crippen LogP) is 4.82. The second-order valence-electron chi connectivity index (χ2n) is 8.41. The number of Topliss-reactive ketones (excluding diaryl/α,β-unsaturated/α-hetero) is 1. The van der Waals surface area contributed by atoms with E-state index in [1.165, 1.54) is 24.0 Å². The molecule has 1 unspecified atom stereocenters. The van der Waals surface area contributed by atoms with Crippen LogP contribution in [0.2, 0.25) is 0 Å². The lowest BCUT2D eigenvalue weighted by atomic mass is 9.94. The van der Waals surface area contributed by atoms with Gasteiger partial charge in [-0.05, 0) is 79.6 Å². The van der Waals surface area contributed by atoms with Crippen molar-refractivity contribution in [3.8, 4) is 17.6 Å². The highest BCUT2D eigenvalue weighted by atomic mass is 16.5. The summed E-state index contributed by atoms with van der Waals surface area (Å²) in [5.41, 5.74) is 2.19. The van der Waals surface area contributed by atoms with Crippen molar-refractivity contribution < 1.29 is 29.0 Å². The summed E-state index contributed by atoms with van der Waals surface area (Å²) in [5.74, 6) is -1.70. The summed E-state index contributed by atoms with van der Waals surface area (Å²) in [6.45, 7) is 5.42. The number of rotatable bonds is 6. The van der Waals surface area contributed by atoms with E-state index in [1.807, 2.05) is 19.9 Å². The molecule has 3 aromatic rings. The number of aliphatic hydroxyl groups excluding tert-OH is 1. The summed E-state index contributed by atoms with van der Waals surface area (Å²) in [7, 11) is 0. The van der Waals surface area contributed by atoms with Crippen molar-refractivity contribution in [3.63, 3.8) is 0 Å². The van der Waals surface area contributed by atoms with E-state index in [4.69, 9.17) is 14.7 Å². The topological polar surface area (TPSA) is 117 Å². The van der Waals surface area contributed by atoms with Crippen molar-refractivity contribution in [3.05, 3.63) is 94.6 Å². The standard InChI is InChI=1S/C29H24N2O6/c1-4-36-24-13-10-21(14-17(24)2)27(33)25-26(20-6-5-7-23(15-20)37-18(3)32)31(29(35)28(25)34)22-11-8-19(16-30)9-12-22/h5-15,26,33H,4H2,1-3H3/b27-25+. The molecule has 37 heavy (non-hydrogen) atoms. The maximum absolute atomic E-state index is 13.4. The molecule has 4 rings (SSSR count). The highest BCUT2D eigenvalue weighted by molar-refractivity contribution is 6.51. The van der Waals surface area contributed by atoms with Crippen molar-refractivity contribution in [1.29, 1.82) is 5.26 Å². The molecule has 8 heteroatoms. The van der Waals surface area contributed by atoms with Crippen LogP contribution in [0.4, 0.5) is 5.69 Å². The van der Waals surface area contributed by atoms with E-state index in [9.17, 15) is 19.5 Å². The lowest BCUT2D eigenvalue weighted by Crippen LogP contribution is -2.29. The summed E-state index contributed by atoms with van der Waals surface area (Å²) in [4.78, 5) is 39.5. The monoisotopic (exact) mass is 496 g/mol. The first kappa shape index (κ1) is 25.2. The largest absolute Gasteiger partial charge is 0.507 e. The molecule has 0 aliphatic carbocycles. The fourth-order valence-corrected chi connectivity index (χ4v) is 4.29. The summed E-state index contributed by atoms with van der Waals surface area (Å²) >= 11 is 0. The summed E-state index contributed by atoms with van der Waals surface area (Å²) in [6, 6.07) is 18.6. The van der Waals surface area contributed by atoms with Gasteiger partial charge in [0.2, 0.25) is 0 Å². The number of aryl methyl sites for hydroxylation is 1. The van der Waals surface area contributed by atoms with E-state index in [-0.39, 0.29) is 17.1 Å². The first-order valence-electron chi connectivity index (χ1n) is 11.6. The van der Waals surface area contributed by atoms with Crippen LogP contribution < -0.4 is 14.4 Å². The molecule has 1 saturated heterocycles. The van der Waals surface area contributed by atoms with Gasteiger partial charge in [-0.1, -0.05) is 12.1 Å². The fourth-order valence-electron chi connectivity index (χ4n) is 4.29. The summed E-state index contributed by atoms with van der Waals surface area (Å²) in [6.07, 6.45) is 0. The lowest BCUT2D eigenvalue weighted by Gasteiger charge is -2.25. The second-order valence-corrected chi connectivity index (χ2v) is 8.41. The number of amides is 1. The molecule has 1 N–H and O–H groups in total. The summed E-state index contributed by atoms with van der Waals surface area (Å²) < 4.78 is 10.8. The van der Waals surface area contributed by atoms with Gasteiger partial charge in [-0.15, -0.1) is 0 Å². The van der Waals surface area contributed by atoms with E-state index in [2.05, 4.69) is 0 Å². The number of ketones is 1. The number of hydrogen-bond acceptors (Lipinski definition) is 7. The Morgan fingerprint density at radius 2 is 1.81 bits per heavy atom. The quantitative estimate of drug-likeness (QED) is 0.171. The van der Waals surface area contributed by atoms with Gasteiger partial charge in [-0.2, -0.15) is 5.26 Å². The van der Waals surface area contributed by atoms with Crippen LogP contribution >= 0.6 is 0 Å². The number of esters is 1.